The highest BCUT2D eigenvalue weighted by Gasteiger charge is 2.21. The Morgan fingerprint density at radius 1 is 1.29 bits per heavy atom. The molecule has 0 atom stereocenters. The molecule has 1 aromatic carbocycles. The second-order valence-electron chi connectivity index (χ2n) is 5.66. The van der Waals surface area contributed by atoms with Crippen molar-refractivity contribution in [1.82, 2.24) is 9.88 Å². The van der Waals surface area contributed by atoms with Gasteiger partial charge in [0.15, 0.2) is 0 Å². The molecule has 0 fully saturated rings. The molecule has 5 nitrogen and oxygen atoms in total. The summed E-state index contributed by atoms with van der Waals surface area (Å²) in [6.45, 7) is 2.40. The minimum Gasteiger partial charge on any atom is -0.497 e. The first kappa shape index (κ1) is 15.9. The number of benzene rings is 1. The van der Waals surface area contributed by atoms with Crippen LogP contribution in [0.25, 0.3) is 11.3 Å². The van der Waals surface area contributed by atoms with E-state index in [0.717, 1.165) is 22.4 Å². The van der Waals surface area contributed by atoms with E-state index >= 15 is 0 Å². The highest BCUT2D eigenvalue weighted by molar-refractivity contribution is 5.99. The summed E-state index contributed by atoms with van der Waals surface area (Å²) in [6, 6.07) is 11.3. The van der Waals surface area contributed by atoms with Crippen LogP contribution in [0.1, 0.15) is 21.6 Å². The molecule has 0 bridgehead atoms. The molecule has 0 aliphatic heterocycles. The van der Waals surface area contributed by atoms with Crippen LogP contribution in [-0.4, -0.2) is 17.6 Å². The predicted molar refractivity (Wildman–Crippen MR) is 92.0 cm³/mol. The second-order valence-corrected chi connectivity index (χ2v) is 5.66. The van der Waals surface area contributed by atoms with Crippen LogP contribution in [0.15, 0.2) is 53.3 Å². The van der Waals surface area contributed by atoms with Gasteiger partial charge in [0, 0.05) is 19.8 Å². The summed E-state index contributed by atoms with van der Waals surface area (Å²) in [6.07, 6.45) is 3.54. The third kappa shape index (κ3) is 3.06. The number of carbonyl (C=O) groups is 1. The number of hydrogen-bond acceptors (Lipinski definition) is 3. The summed E-state index contributed by atoms with van der Waals surface area (Å²) >= 11 is 0. The smallest absolute Gasteiger partial charge is 0.268 e. The number of rotatable bonds is 5. The maximum absolute atomic E-state index is 12.7. The van der Waals surface area contributed by atoms with Crippen LogP contribution in [0, 0.1) is 6.92 Å². The predicted octanol–water partition coefficient (Wildman–Crippen LogP) is 3.53. The molecule has 3 rings (SSSR count). The molecule has 1 amide bonds. The molecular weight excluding hydrogens is 304 g/mol. The number of methoxy groups -OCH3 is 1. The standard InChI is InChI=1S/C19H20N2O3/c1-13-12-21(2)18(17(13)16-8-5-9-24-16)19(22)20-11-14-6-4-7-15(10-14)23-3/h4-10,12H,11H2,1-3H3,(H,20,22). The number of carbonyl (C=O) groups excluding carboxylic acids is 1. The maximum Gasteiger partial charge on any atom is 0.268 e. The molecule has 0 unspecified atom stereocenters. The number of hydrogen-bond donors (Lipinski definition) is 1. The van der Waals surface area contributed by atoms with Gasteiger partial charge in [0.25, 0.3) is 5.91 Å². The van der Waals surface area contributed by atoms with Crippen molar-refractivity contribution in [3.8, 4) is 17.1 Å². The lowest BCUT2D eigenvalue weighted by atomic mass is 10.1. The average molecular weight is 324 g/mol. The molecule has 3 aromatic rings. The Labute approximate surface area is 140 Å². The fourth-order valence-electron chi connectivity index (χ4n) is 2.84. The average Bonchev–Trinajstić information content (AvgIpc) is 3.20. The molecule has 2 heterocycles. The van der Waals surface area contributed by atoms with E-state index in [2.05, 4.69) is 5.32 Å². The third-order valence-corrected chi connectivity index (χ3v) is 3.94. The van der Waals surface area contributed by atoms with Crippen molar-refractivity contribution < 1.29 is 13.9 Å². The Kier molecular flexibility index (Phi) is 4.42. The monoisotopic (exact) mass is 324 g/mol. The zero-order valence-corrected chi connectivity index (χ0v) is 14.0. The Balaban J connectivity index is 1.83. The van der Waals surface area contributed by atoms with Gasteiger partial charge >= 0.3 is 0 Å². The number of aromatic nitrogens is 1. The number of nitrogens with zero attached hydrogens (tertiary/aromatic N) is 1. The van der Waals surface area contributed by atoms with E-state index < -0.39 is 0 Å². The van der Waals surface area contributed by atoms with E-state index in [-0.39, 0.29) is 5.91 Å². The van der Waals surface area contributed by atoms with Gasteiger partial charge in [-0.1, -0.05) is 12.1 Å². The minimum atomic E-state index is -0.139. The van der Waals surface area contributed by atoms with Gasteiger partial charge in [-0.2, -0.15) is 0 Å². The van der Waals surface area contributed by atoms with Crippen molar-refractivity contribution >= 4 is 5.91 Å². The van der Waals surface area contributed by atoms with Gasteiger partial charge in [0.1, 0.15) is 17.2 Å². The normalized spacial score (nSPS) is 10.6. The molecule has 0 aliphatic rings. The van der Waals surface area contributed by atoms with Crippen LogP contribution in [0.2, 0.25) is 0 Å². The summed E-state index contributed by atoms with van der Waals surface area (Å²) in [5, 5.41) is 2.97. The first-order valence-corrected chi connectivity index (χ1v) is 7.71. The summed E-state index contributed by atoms with van der Waals surface area (Å²) < 4.78 is 12.5. The first-order valence-electron chi connectivity index (χ1n) is 7.71. The molecule has 0 saturated carbocycles. The molecule has 0 spiro atoms. The van der Waals surface area contributed by atoms with Crippen molar-refractivity contribution in [1.29, 1.82) is 0 Å². The zero-order valence-electron chi connectivity index (χ0n) is 14.0. The highest BCUT2D eigenvalue weighted by atomic mass is 16.5. The Hall–Kier alpha value is -2.95. The van der Waals surface area contributed by atoms with Crippen LogP contribution in [0.5, 0.6) is 5.75 Å². The van der Waals surface area contributed by atoms with Crippen molar-refractivity contribution in [2.75, 3.05) is 7.11 Å². The quantitative estimate of drug-likeness (QED) is 0.781. The summed E-state index contributed by atoms with van der Waals surface area (Å²) in [7, 11) is 3.49. The zero-order chi connectivity index (χ0) is 17.1. The van der Waals surface area contributed by atoms with E-state index in [1.807, 2.05) is 61.1 Å². The molecule has 24 heavy (non-hydrogen) atoms. The van der Waals surface area contributed by atoms with Crippen LogP contribution < -0.4 is 10.1 Å². The van der Waals surface area contributed by atoms with Gasteiger partial charge in [-0.05, 0) is 42.3 Å². The van der Waals surface area contributed by atoms with Gasteiger partial charge in [-0.3, -0.25) is 4.79 Å². The van der Waals surface area contributed by atoms with E-state index in [9.17, 15) is 4.79 Å². The maximum atomic E-state index is 12.7. The third-order valence-electron chi connectivity index (χ3n) is 3.94. The lowest BCUT2D eigenvalue weighted by molar-refractivity contribution is 0.0943. The number of furan rings is 1. The largest absolute Gasteiger partial charge is 0.497 e. The van der Waals surface area contributed by atoms with Crippen LogP contribution >= 0.6 is 0 Å². The van der Waals surface area contributed by atoms with Crippen molar-refractivity contribution in [3.05, 3.63) is 65.7 Å². The van der Waals surface area contributed by atoms with E-state index in [1.54, 1.807) is 13.4 Å². The lowest BCUT2D eigenvalue weighted by Gasteiger charge is -2.09. The molecule has 0 radical (unpaired) electrons. The van der Waals surface area contributed by atoms with Gasteiger partial charge in [-0.15, -0.1) is 0 Å². The molecule has 0 aliphatic carbocycles. The summed E-state index contributed by atoms with van der Waals surface area (Å²) in [5.41, 5.74) is 3.39. The molecular formula is C19H20N2O3. The summed E-state index contributed by atoms with van der Waals surface area (Å²) in [5.74, 6) is 1.33. The minimum absolute atomic E-state index is 0.139. The lowest BCUT2D eigenvalue weighted by Crippen LogP contribution is -2.25. The van der Waals surface area contributed by atoms with Gasteiger partial charge in [0.2, 0.25) is 0 Å². The molecule has 1 N–H and O–H groups in total. The Bertz CT molecular complexity index is 848. The molecule has 2 aromatic heterocycles. The Morgan fingerprint density at radius 2 is 2.12 bits per heavy atom. The second kappa shape index (κ2) is 6.66. The topological polar surface area (TPSA) is 56.4 Å². The van der Waals surface area contributed by atoms with Gasteiger partial charge in [-0.25, -0.2) is 0 Å². The fourth-order valence-corrected chi connectivity index (χ4v) is 2.84. The van der Waals surface area contributed by atoms with Crippen LogP contribution in [-0.2, 0) is 13.6 Å². The van der Waals surface area contributed by atoms with Crippen molar-refractivity contribution in [2.24, 2.45) is 7.05 Å². The number of ether oxygens (including phenoxy) is 1. The van der Waals surface area contributed by atoms with E-state index in [1.165, 1.54) is 0 Å². The molecule has 0 saturated heterocycles. The Morgan fingerprint density at radius 3 is 2.83 bits per heavy atom. The van der Waals surface area contributed by atoms with E-state index in [0.29, 0.717) is 18.0 Å². The highest BCUT2D eigenvalue weighted by Crippen LogP contribution is 2.29. The molecule has 5 heteroatoms. The number of nitrogens with one attached hydrogen (secondary N) is 1. The van der Waals surface area contributed by atoms with Crippen LogP contribution in [0.4, 0.5) is 0 Å². The molecule has 124 valence electrons. The van der Waals surface area contributed by atoms with Gasteiger partial charge < -0.3 is 19.0 Å². The van der Waals surface area contributed by atoms with Gasteiger partial charge in [0.05, 0.1) is 18.9 Å². The SMILES string of the molecule is COc1cccc(CNC(=O)c2c(-c3ccco3)c(C)cn2C)c1. The van der Waals surface area contributed by atoms with Crippen LogP contribution in [0.3, 0.4) is 0 Å². The van der Waals surface area contributed by atoms with Crippen molar-refractivity contribution in [2.45, 2.75) is 13.5 Å². The summed E-state index contributed by atoms with van der Waals surface area (Å²) in [4.78, 5) is 12.7. The number of aryl methyl sites for hydroxylation is 2. The first-order chi connectivity index (χ1) is 11.6. The number of amides is 1. The van der Waals surface area contributed by atoms with Crippen molar-refractivity contribution in [3.63, 3.8) is 0 Å². The van der Waals surface area contributed by atoms with E-state index in [4.69, 9.17) is 9.15 Å². The fraction of sp³-hybridized carbons (Fsp3) is 0.211.